The van der Waals surface area contributed by atoms with Gasteiger partial charge in [-0.15, -0.1) is 0 Å². The number of amides is 2. The zero-order valence-electron chi connectivity index (χ0n) is 15.5. The van der Waals surface area contributed by atoms with Gasteiger partial charge in [-0.1, -0.05) is 45.4 Å². The fourth-order valence-electron chi connectivity index (χ4n) is 2.27. The molecule has 0 aliphatic heterocycles. The lowest BCUT2D eigenvalue weighted by molar-refractivity contribution is -0.118. The first-order valence-electron chi connectivity index (χ1n) is 8.95. The molecule has 0 heterocycles. The van der Waals surface area contributed by atoms with Gasteiger partial charge in [0.25, 0.3) is 5.91 Å². The predicted molar refractivity (Wildman–Crippen MR) is 105 cm³/mol. The van der Waals surface area contributed by atoms with Crippen molar-refractivity contribution in [2.75, 3.05) is 17.2 Å². The Kier molecular flexibility index (Phi) is 7.21. The molecule has 0 saturated carbocycles. The second kappa shape index (κ2) is 9.61. The zero-order chi connectivity index (χ0) is 18.9. The lowest BCUT2D eigenvalue weighted by atomic mass is 10.1. The summed E-state index contributed by atoms with van der Waals surface area (Å²) in [6, 6.07) is 14.3. The highest BCUT2D eigenvalue weighted by Crippen LogP contribution is 2.21. The second-order valence-corrected chi connectivity index (χ2v) is 6.38. The highest BCUT2D eigenvalue weighted by molar-refractivity contribution is 6.06. The molecule has 0 aliphatic carbocycles. The molecule has 2 N–H and O–H groups in total. The standard InChI is InChI=1S/C21H26N2O3/c1-4-5-13-26-19-12-7-6-11-18(19)21(25)23-17-10-8-9-16(14-17)22-20(24)15(2)3/h6-12,14-15H,4-5,13H2,1-3H3,(H,22,24)(H,23,25). The van der Waals surface area contributed by atoms with Gasteiger partial charge < -0.3 is 15.4 Å². The molecular weight excluding hydrogens is 328 g/mol. The number of hydrogen-bond donors (Lipinski definition) is 2. The van der Waals surface area contributed by atoms with Crippen molar-refractivity contribution in [3.05, 3.63) is 54.1 Å². The zero-order valence-corrected chi connectivity index (χ0v) is 15.5. The van der Waals surface area contributed by atoms with E-state index >= 15 is 0 Å². The quantitative estimate of drug-likeness (QED) is 0.675. The third-order valence-electron chi connectivity index (χ3n) is 3.80. The largest absolute Gasteiger partial charge is 0.493 e. The van der Waals surface area contributed by atoms with Crippen molar-refractivity contribution in [2.45, 2.75) is 33.6 Å². The van der Waals surface area contributed by atoms with Crippen LogP contribution in [0.1, 0.15) is 44.0 Å². The van der Waals surface area contributed by atoms with Gasteiger partial charge in [-0.3, -0.25) is 9.59 Å². The molecule has 2 amide bonds. The van der Waals surface area contributed by atoms with Gasteiger partial charge in [0.15, 0.2) is 0 Å². The molecule has 2 rings (SSSR count). The minimum atomic E-state index is -0.246. The predicted octanol–water partition coefficient (Wildman–Crippen LogP) is 4.71. The van der Waals surface area contributed by atoms with Gasteiger partial charge in [-0.25, -0.2) is 0 Å². The molecule has 26 heavy (non-hydrogen) atoms. The lowest BCUT2D eigenvalue weighted by Crippen LogP contribution is -2.18. The summed E-state index contributed by atoms with van der Waals surface area (Å²) < 4.78 is 5.72. The Morgan fingerprint density at radius 3 is 2.38 bits per heavy atom. The summed E-state index contributed by atoms with van der Waals surface area (Å²) in [7, 11) is 0. The number of ether oxygens (including phenoxy) is 1. The monoisotopic (exact) mass is 354 g/mol. The Bertz CT molecular complexity index is 756. The van der Waals surface area contributed by atoms with E-state index in [1.165, 1.54) is 0 Å². The number of benzene rings is 2. The summed E-state index contributed by atoms with van der Waals surface area (Å²) in [6.07, 6.45) is 1.97. The average molecular weight is 354 g/mol. The van der Waals surface area contributed by atoms with Crippen LogP contribution in [0.4, 0.5) is 11.4 Å². The van der Waals surface area contributed by atoms with Crippen LogP contribution in [-0.2, 0) is 4.79 Å². The summed E-state index contributed by atoms with van der Waals surface area (Å²) in [5.74, 6) is 0.149. The van der Waals surface area contributed by atoms with Gasteiger partial charge in [0.05, 0.1) is 12.2 Å². The highest BCUT2D eigenvalue weighted by Gasteiger charge is 2.13. The first-order chi connectivity index (χ1) is 12.5. The minimum Gasteiger partial charge on any atom is -0.493 e. The number of carbonyl (C=O) groups is 2. The fraction of sp³-hybridized carbons (Fsp3) is 0.333. The van der Waals surface area contributed by atoms with Crippen LogP contribution in [0.2, 0.25) is 0 Å². The summed E-state index contributed by atoms with van der Waals surface area (Å²) in [4.78, 5) is 24.5. The summed E-state index contributed by atoms with van der Waals surface area (Å²) in [5.41, 5.74) is 1.74. The maximum Gasteiger partial charge on any atom is 0.259 e. The first kappa shape index (κ1) is 19.5. The Morgan fingerprint density at radius 2 is 1.69 bits per heavy atom. The molecule has 2 aromatic carbocycles. The van der Waals surface area contributed by atoms with E-state index in [9.17, 15) is 9.59 Å². The molecule has 138 valence electrons. The van der Waals surface area contributed by atoms with E-state index in [1.807, 2.05) is 19.9 Å². The maximum absolute atomic E-state index is 12.6. The maximum atomic E-state index is 12.6. The van der Waals surface area contributed by atoms with Crippen LogP contribution >= 0.6 is 0 Å². The molecule has 5 nitrogen and oxygen atoms in total. The first-order valence-corrected chi connectivity index (χ1v) is 8.95. The van der Waals surface area contributed by atoms with E-state index in [2.05, 4.69) is 17.6 Å². The van der Waals surface area contributed by atoms with E-state index in [4.69, 9.17) is 4.74 Å². The molecule has 0 radical (unpaired) electrons. The fourth-order valence-corrected chi connectivity index (χ4v) is 2.27. The third kappa shape index (κ3) is 5.62. The van der Waals surface area contributed by atoms with E-state index < -0.39 is 0 Å². The molecule has 0 spiro atoms. The van der Waals surface area contributed by atoms with E-state index in [0.29, 0.717) is 29.3 Å². The van der Waals surface area contributed by atoms with Crippen LogP contribution < -0.4 is 15.4 Å². The molecule has 0 atom stereocenters. The molecule has 0 unspecified atom stereocenters. The van der Waals surface area contributed by atoms with Crippen molar-refractivity contribution in [3.63, 3.8) is 0 Å². The normalized spacial score (nSPS) is 10.5. The van der Waals surface area contributed by atoms with Crippen molar-refractivity contribution >= 4 is 23.2 Å². The van der Waals surface area contributed by atoms with Gasteiger partial charge in [-0.2, -0.15) is 0 Å². The number of para-hydroxylation sites is 1. The Morgan fingerprint density at radius 1 is 1.00 bits per heavy atom. The van der Waals surface area contributed by atoms with Gasteiger partial charge >= 0.3 is 0 Å². The topological polar surface area (TPSA) is 67.4 Å². The minimum absolute atomic E-state index is 0.0665. The van der Waals surface area contributed by atoms with Gasteiger partial charge in [0.2, 0.25) is 5.91 Å². The number of rotatable bonds is 8. The number of anilines is 2. The molecule has 0 bridgehead atoms. The van der Waals surface area contributed by atoms with Crippen LogP contribution in [0, 0.1) is 5.92 Å². The van der Waals surface area contributed by atoms with Crippen LogP contribution in [0.25, 0.3) is 0 Å². The van der Waals surface area contributed by atoms with Gasteiger partial charge in [-0.05, 0) is 36.8 Å². The van der Waals surface area contributed by atoms with Crippen molar-refractivity contribution in [1.82, 2.24) is 0 Å². The van der Waals surface area contributed by atoms with Gasteiger partial charge in [0, 0.05) is 17.3 Å². The number of hydrogen-bond acceptors (Lipinski definition) is 3. The molecule has 0 fully saturated rings. The van der Waals surface area contributed by atoms with E-state index in [-0.39, 0.29) is 17.7 Å². The number of unbranched alkanes of at least 4 members (excludes halogenated alkanes) is 1. The molecular formula is C21H26N2O3. The number of nitrogens with one attached hydrogen (secondary N) is 2. The number of carbonyl (C=O) groups excluding carboxylic acids is 2. The Balaban J connectivity index is 2.09. The van der Waals surface area contributed by atoms with Crippen molar-refractivity contribution in [3.8, 4) is 5.75 Å². The summed E-state index contributed by atoms with van der Waals surface area (Å²) in [6.45, 7) is 6.33. The molecule has 5 heteroatoms. The van der Waals surface area contributed by atoms with Crippen LogP contribution in [0.5, 0.6) is 5.75 Å². The molecule has 2 aromatic rings. The molecule has 0 aliphatic rings. The SMILES string of the molecule is CCCCOc1ccccc1C(=O)Nc1cccc(NC(=O)C(C)C)c1. The van der Waals surface area contributed by atoms with Crippen molar-refractivity contribution in [1.29, 1.82) is 0 Å². The smallest absolute Gasteiger partial charge is 0.259 e. The van der Waals surface area contributed by atoms with Crippen LogP contribution in [0.15, 0.2) is 48.5 Å². The van der Waals surface area contributed by atoms with Crippen LogP contribution in [-0.4, -0.2) is 18.4 Å². The summed E-state index contributed by atoms with van der Waals surface area (Å²) in [5, 5.41) is 5.69. The lowest BCUT2D eigenvalue weighted by Gasteiger charge is -2.13. The molecule has 0 saturated heterocycles. The second-order valence-electron chi connectivity index (χ2n) is 6.38. The third-order valence-corrected chi connectivity index (χ3v) is 3.80. The Labute approximate surface area is 154 Å². The molecule has 0 aromatic heterocycles. The van der Waals surface area contributed by atoms with E-state index in [1.54, 1.807) is 42.5 Å². The van der Waals surface area contributed by atoms with Crippen LogP contribution in [0.3, 0.4) is 0 Å². The Hall–Kier alpha value is -2.82. The van der Waals surface area contributed by atoms with Crippen molar-refractivity contribution < 1.29 is 14.3 Å². The average Bonchev–Trinajstić information content (AvgIpc) is 2.62. The summed E-state index contributed by atoms with van der Waals surface area (Å²) >= 11 is 0. The van der Waals surface area contributed by atoms with E-state index in [0.717, 1.165) is 12.8 Å². The highest BCUT2D eigenvalue weighted by atomic mass is 16.5. The van der Waals surface area contributed by atoms with Gasteiger partial charge in [0.1, 0.15) is 5.75 Å². The van der Waals surface area contributed by atoms with Crippen molar-refractivity contribution in [2.24, 2.45) is 5.92 Å².